The van der Waals surface area contributed by atoms with E-state index in [-0.39, 0.29) is 0 Å². The Morgan fingerprint density at radius 3 is 2.94 bits per heavy atom. The molecule has 16 heavy (non-hydrogen) atoms. The molecule has 2 rings (SSSR count). The van der Waals surface area contributed by atoms with E-state index >= 15 is 0 Å². The SMILES string of the molecule is CCCn1ccnc1C(O)c1ccc(C)s1. The van der Waals surface area contributed by atoms with Gasteiger partial charge in [0.2, 0.25) is 0 Å². The van der Waals surface area contributed by atoms with E-state index in [4.69, 9.17) is 0 Å². The van der Waals surface area contributed by atoms with Crippen molar-refractivity contribution in [2.45, 2.75) is 32.9 Å². The average Bonchev–Trinajstić information content (AvgIpc) is 2.87. The van der Waals surface area contributed by atoms with E-state index in [1.807, 2.05) is 29.8 Å². The Morgan fingerprint density at radius 2 is 2.31 bits per heavy atom. The highest BCUT2D eigenvalue weighted by atomic mass is 32.1. The van der Waals surface area contributed by atoms with E-state index < -0.39 is 6.10 Å². The molecule has 1 N–H and O–H groups in total. The first-order valence-electron chi connectivity index (χ1n) is 5.47. The third-order valence-electron chi connectivity index (χ3n) is 2.49. The van der Waals surface area contributed by atoms with Crippen molar-refractivity contribution in [3.63, 3.8) is 0 Å². The Kier molecular flexibility index (Phi) is 3.41. The van der Waals surface area contributed by atoms with Gasteiger partial charge in [-0.25, -0.2) is 4.98 Å². The quantitative estimate of drug-likeness (QED) is 0.886. The molecule has 3 nitrogen and oxygen atoms in total. The molecule has 0 aromatic carbocycles. The van der Waals surface area contributed by atoms with Gasteiger partial charge in [-0.15, -0.1) is 11.3 Å². The largest absolute Gasteiger partial charge is 0.380 e. The molecule has 2 aromatic rings. The minimum Gasteiger partial charge on any atom is -0.380 e. The number of hydrogen-bond acceptors (Lipinski definition) is 3. The fourth-order valence-corrected chi connectivity index (χ4v) is 2.59. The second-order valence-electron chi connectivity index (χ2n) is 3.83. The first-order valence-corrected chi connectivity index (χ1v) is 6.29. The summed E-state index contributed by atoms with van der Waals surface area (Å²) in [6, 6.07) is 3.99. The average molecular weight is 236 g/mol. The van der Waals surface area contributed by atoms with E-state index in [9.17, 15) is 5.11 Å². The Hall–Kier alpha value is -1.13. The van der Waals surface area contributed by atoms with Crippen molar-refractivity contribution in [3.8, 4) is 0 Å². The van der Waals surface area contributed by atoms with Crippen LogP contribution in [0, 0.1) is 6.92 Å². The van der Waals surface area contributed by atoms with E-state index in [0.29, 0.717) is 0 Å². The number of aliphatic hydroxyl groups is 1. The van der Waals surface area contributed by atoms with Crippen LogP contribution in [0.25, 0.3) is 0 Å². The molecule has 1 atom stereocenters. The smallest absolute Gasteiger partial charge is 0.146 e. The van der Waals surface area contributed by atoms with Crippen molar-refractivity contribution in [1.29, 1.82) is 0 Å². The molecule has 0 aliphatic rings. The monoisotopic (exact) mass is 236 g/mol. The molecule has 0 spiro atoms. The van der Waals surface area contributed by atoms with Crippen molar-refractivity contribution >= 4 is 11.3 Å². The normalized spacial score (nSPS) is 12.9. The molecule has 0 aliphatic heterocycles. The lowest BCUT2D eigenvalue weighted by molar-refractivity contribution is 0.208. The Balaban J connectivity index is 2.26. The Labute approximate surface area is 99.4 Å². The fraction of sp³-hybridized carbons (Fsp3) is 0.417. The highest BCUT2D eigenvalue weighted by Crippen LogP contribution is 2.27. The summed E-state index contributed by atoms with van der Waals surface area (Å²) >= 11 is 1.62. The molecule has 0 saturated carbocycles. The van der Waals surface area contributed by atoms with E-state index in [1.54, 1.807) is 17.5 Å². The summed E-state index contributed by atoms with van der Waals surface area (Å²) in [5.41, 5.74) is 0. The van der Waals surface area contributed by atoms with Gasteiger partial charge in [-0.2, -0.15) is 0 Å². The van der Waals surface area contributed by atoms with Gasteiger partial charge in [-0.05, 0) is 25.5 Å². The summed E-state index contributed by atoms with van der Waals surface area (Å²) < 4.78 is 2.01. The van der Waals surface area contributed by atoms with Crippen LogP contribution in [-0.2, 0) is 6.54 Å². The van der Waals surface area contributed by atoms with Gasteiger partial charge in [0.15, 0.2) is 0 Å². The molecule has 1 unspecified atom stereocenters. The number of imidazole rings is 1. The van der Waals surface area contributed by atoms with Crippen molar-refractivity contribution < 1.29 is 5.11 Å². The second-order valence-corrected chi connectivity index (χ2v) is 5.15. The lowest BCUT2D eigenvalue weighted by atomic mass is 10.2. The first kappa shape index (κ1) is 11.4. The third-order valence-corrected chi connectivity index (χ3v) is 3.54. The van der Waals surface area contributed by atoms with Crippen molar-refractivity contribution in [2.75, 3.05) is 0 Å². The van der Waals surface area contributed by atoms with Gasteiger partial charge in [0.05, 0.1) is 0 Å². The van der Waals surface area contributed by atoms with Gasteiger partial charge in [0.25, 0.3) is 0 Å². The maximum absolute atomic E-state index is 10.2. The predicted molar refractivity (Wildman–Crippen MR) is 65.6 cm³/mol. The first-order chi connectivity index (χ1) is 7.72. The predicted octanol–water partition coefficient (Wildman–Crippen LogP) is 2.74. The van der Waals surface area contributed by atoms with E-state index in [2.05, 4.69) is 11.9 Å². The summed E-state index contributed by atoms with van der Waals surface area (Å²) in [7, 11) is 0. The second kappa shape index (κ2) is 4.80. The van der Waals surface area contributed by atoms with Gasteiger partial charge in [-0.1, -0.05) is 6.92 Å². The standard InChI is InChI=1S/C12H16N2OS/c1-3-7-14-8-6-13-12(14)11(15)10-5-4-9(2)16-10/h4-6,8,11,15H,3,7H2,1-2H3. The van der Waals surface area contributed by atoms with Crippen LogP contribution >= 0.6 is 11.3 Å². The van der Waals surface area contributed by atoms with Gasteiger partial charge in [0, 0.05) is 28.7 Å². The molecule has 86 valence electrons. The molecule has 4 heteroatoms. The van der Waals surface area contributed by atoms with Crippen molar-refractivity contribution in [2.24, 2.45) is 0 Å². The number of rotatable bonds is 4. The van der Waals surface area contributed by atoms with E-state index in [1.165, 1.54) is 4.88 Å². The Morgan fingerprint density at radius 1 is 1.50 bits per heavy atom. The zero-order chi connectivity index (χ0) is 11.5. The number of nitrogens with zero attached hydrogens (tertiary/aromatic N) is 2. The van der Waals surface area contributed by atoms with Crippen molar-refractivity contribution in [1.82, 2.24) is 9.55 Å². The van der Waals surface area contributed by atoms with Crippen LogP contribution in [0.1, 0.15) is 35.0 Å². The van der Waals surface area contributed by atoms with Gasteiger partial charge >= 0.3 is 0 Å². The molecule has 2 aromatic heterocycles. The molecule has 0 fully saturated rings. The highest BCUT2D eigenvalue weighted by molar-refractivity contribution is 7.12. The molecule has 0 amide bonds. The summed E-state index contributed by atoms with van der Waals surface area (Å²) in [6.45, 7) is 5.06. The number of aryl methyl sites for hydroxylation is 2. The number of aliphatic hydroxyl groups excluding tert-OH is 1. The number of thiophene rings is 1. The van der Waals surface area contributed by atoms with Crippen molar-refractivity contribution in [3.05, 3.63) is 40.1 Å². The van der Waals surface area contributed by atoms with Crippen LogP contribution in [0.5, 0.6) is 0 Å². The zero-order valence-corrected chi connectivity index (χ0v) is 10.4. The molecular weight excluding hydrogens is 220 g/mol. The van der Waals surface area contributed by atoms with Crippen LogP contribution in [0.15, 0.2) is 24.5 Å². The maximum Gasteiger partial charge on any atom is 0.146 e. The topological polar surface area (TPSA) is 38.0 Å². The highest BCUT2D eigenvalue weighted by Gasteiger charge is 2.17. The van der Waals surface area contributed by atoms with Crippen LogP contribution in [0.4, 0.5) is 0 Å². The molecule has 2 heterocycles. The minimum absolute atomic E-state index is 0.597. The van der Waals surface area contributed by atoms with Gasteiger partial charge in [-0.3, -0.25) is 0 Å². The van der Waals surface area contributed by atoms with Crippen LogP contribution in [-0.4, -0.2) is 14.7 Å². The number of aromatic nitrogens is 2. The fourth-order valence-electron chi connectivity index (χ4n) is 1.73. The van der Waals surface area contributed by atoms with Gasteiger partial charge in [0.1, 0.15) is 11.9 Å². The molecular formula is C12H16N2OS. The summed E-state index contributed by atoms with van der Waals surface area (Å²) in [5, 5.41) is 10.2. The molecule has 0 bridgehead atoms. The van der Waals surface area contributed by atoms with Crippen LogP contribution < -0.4 is 0 Å². The van der Waals surface area contributed by atoms with Crippen LogP contribution in [0.3, 0.4) is 0 Å². The summed E-state index contributed by atoms with van der Waals surface area (Å²) in [4.78, 5) is 6.41. The zero-order valence-electron chi connectivity index (χ0n) is 9.55. The lowest BCUT2D eigenvalue weighted by Crippen LogP contribution is -2.08. The molecule has 0 aliphatic carbocycles. The summed E-state index contributed by atoms with van der Waals surface area (Å²) in [6.07, 6.45) is 4.11. The number of hydrogen-bond donors (Lipinski definition) is 1. The third kappa shape index (κ3) is 2.18. The maximum atomic E-state index is 10.2. The summed E-state index contributed by atoms with van der Waals surface area (Å²) in [5.74, 6) is 0.740. The lowest BCUT2D eigenvalue weighted by Gasteiger charge is -2.11. The van der Waals surface area contributed by atoms with Crippen LogP contribution in [0.2, 0.25) is 0 Å². The minimum atomic E-state index is -0.597. The Bertz CT molecular complexity index is 461. The molecule has 0 radical (unpaired) electrons. The van der Waals surface area contributed by atoms with Gasteiger partial charge < -0.3 is 9.67 Å². The van der Waals surface area contributed by atoms with E-state index in [0.717, 1.165) is 23.7 Å². The molecule has 0 saturated heterocycles.